The lowest BCUT2D eigenvalue weighted by Crippen LogP contribution is -2.10. The van der Waals surface area contributed by atoms with E-state index in [0.29, 0.717) is 10.6 Å². The fourth-order valence-corrected chi connectivity index (χ4v) is 2.73. The van der Waals surface area contributed by atoms with Gasteiger partial charge in [0, 0.05) is 5.56 Å². The molecule has 6 heteroatoms. The molecule has 0 aliphatic heterocycles. The second kappa shape index (κ2) is 7.25. The summed E-state index contributed by atoms with van der Waals surface area (Å²) in [4.78, 5) is 0. The molecule has 2 aromatic carbocycles. The molecule has 0 spiro atoms. The summed E-state index contributed by atoms with van der Waals surface area (Å²) in [5.74, 6) is 1.46. The van der Waals surface area contributed by atoms with Gasteiger partial charge in [-0.25, -0.2) is 5.10 Å². The van der Waals surface area contributed by atoms with E-state index in [-0.39, 0.29) is 5.41 Å². The Morgan fingerprint density at radius 3 is 2.54 bits per heavy atom. The van der Waals surface area contributed by atoms with Gasteiger partial charge in [-0.3, -0.25) is 0 Å². The largest absolute Gasteiger partial charge is 0.497 e. The average molecular weight is 366 g/mol. The summed E-state index contributed by atoms with van der Waals surface area (Å²) in [6.45, 7) is 6.57. The molecule has 0 aliphatic carbocycles. The van der Waals surface area contributed by atoms with Crippen LogP contribution in [0.4, 0.5) is 0 Å². The Balaban J connectivity index is 1.94. The Labute approximate surface area is 158 Å². The predicted molar refractivity (Wildman–Crippen MR) is 108 cm³/mol. The average Bonchev–Trinajstić information content (AvgIpc) is 3.00. The van der Waals surface area contributed by atoms with Crippen LogP contribution < -0.4 is 4.74 Å². The van der Waals surface area contributed by atoms with Gasteiger partial charge in [0.2, 0.25) is 4.77 Å². The lowest BCUT2D eigenvalue weighted by molar-refractivity contribution is 0.415. The summed E-state index contributed by atoms with van der Waals surface area (Å²) in [7, 11) is 1.64. The van der Waals surface area contributed by atoms with Crippen LogP contribution in [0.15, 0.2) is 53.6 Å². The van der Waals surface area contributed by atoms with E-state index in [4.69, 9.17) is 17.0 Å². The molecule has 26 heavy (non-hydrogen) atoms. The second-order valence-corrected chi connectivity index (χ2v) is 7.40. The van der Waals surface area contributed by atoms with Crippen molar-refractivity contribution in [3.63, 3.8) is 0 Å². The Kier molecular flexibility index (Phi) is 5.04. The van der Waals surface area contributed by atoms with Crippen molar-refractivity contribution in [3.8, 4) is 17.1 Å². The van der Waals surface area contributed by atoms with E-state index in [1.165, 1.54) is 5.56 Å². The molecular formula is C20H22N4OS. The molecule has 3 aromatic rings. The number of ether oxygens (including phenoxy) is 1. The molecule has 0 unspecified atom stereocenters. The Bertz CT molecular complexity index is 978. The van der Waals surface area contributed by atoms with Crippen LogP contribution in [0.1, 0.15) is 31.9 Å². The second-order valence-electron chi connectivity index (χ2n) is 7.01. The molecule has 5 nitrogen and oxygen atoms in total. The van der Waals surface area contributed by atoms with E-state index in [1.54, 1.807) is 18.0 Å². The number of hydrogen-bond donors (Lipinski definition) is 1. The fourth-order valence-electron chi connectivity index (χ4n) is 2.55. The van der Waals surface area contributed by atoms with E-state index in [0.717, 1.165) is 16.9 Å². The Hall–Kier alpha value is -2.73. The van der Waals surface area contributed by atoms with E-state index < -0.39 is 0 Å². The molecule has 134 valence electrons. The van der Waals surface area contributed by atoms with Crippen molar-refractivity contribution >= 4 is 18.4 Å². The molecule has 0 radical (unpaired) electrons. The van der Waals surface area contributed by atoms with E-state index in [2.05, 4.69) is 48.2 Å². The number of H-pyrrole nitrogens is 1. The van der Waals surface area contributed by atoms with Crippen LogP contribution in [0.2, 0.25) is 0 Å². The third-order valence-corrected chi connectivity index (χ3v) is 4.34. The standard InChI is InChI=1S/C20H22N4OS/c1-20(2,3)16-10-8-15(9-11-16)18-22-23-19(26)24(18)21-13-14-6-5-7-17(12-14)25-4/h5-13H,1-4H3,(H,23,26). The van der Waals surface area contributed by atoms with Crippen molar-refractivity contribution in [2.75, 3.05) is 7.11 Å². The summed E-state index contributed by atoms with van der Waals surface area (Å²) < 4.78 is 7.31. The van der Waals surface area contributed by atoms with Crippen molar-refractivity contribution in [1.29, 1.82) is 0 Å². The van der Waals surface area contributed by atoms with Crippen molar-refractivity contribution in [1.82, 2.24) is 14.9 Å². The summed E-state index contributed by atoms with van der Waals surface area (Å²) in [5.41, 5.74) is 3.24. The Morgan fingerprint density at radius 2 is 1.88 bits per heavy atom. The topological polar surface area (TPSA) is 55.2 Å². The van der Waals surface area contributed by atoms with Crippen molar-refractivity contribution < 1.29 is 4.74 Å². The van der Waals surface area contributed by atoms with Crippen molar-refractivity contribution in [3.05, 3.63) is 64.4 Å². The zero-order valence-corrected chi connectivity index (χ0v) is 16.2. The third kappa shape index (κ3) is 3.91. The van der Waals surface area contributed by atoms with Gasteiger partial charge < -0.3 is 4.74 Å². The molecule has 1 heterocycles. The molecule has 0 amide bonds. The molecule has 1 N–H and O–H groups in total. The molecule has 0 aliphatic rings. The first-order valence-corrected chi connectivity index (χ1v) is 8.76. The number of hydrogen-bond acceptors (Lipinski definition) is 4. The third-order valence-electron chi connectivity index (χ3n) is 4.08. The number of aromatic amines is 1. The first-order chi connectivity index (χ1) is 12.4. The minimum absolute atomic E-state index is 0.105. The van der Waals surface area contributed by atoms with Gasteiger partial charge in [0.15, 0.2) is 5.82 Å². The van der Waals surface area contributed by atoms with Gasteiger partial charge in [0.1, 0.15) is 5.75 Å². The van der Waals surface area contributed by atoms with Crippen molar-refractivity contribution in [2.24, 2.45) is 5.10 Å². The number of nitrogens with one attached hydrogen (secondary N) is 1. The van der Waals surface area contributed by atoms with E-state index in [1.807, 2.05) is 36.4 Å². The van der Waals surface area contributed by atoms with Crippen LogP contribution in [0.3, 0.4) is 0 Å². The number of nitrogens with zero attached hydrogens (tertiary/aromatic N) is 3. The van der Waals surface area contributed by atoms with Gasteiger partial charge in [-0.2, -0.15) is 14.9 Å². The number of rotatable bonds is 4. The maximum absolute atomic E-state index is 5.33. The van der Waals surface area contributed by atoms with Crippen LogP contribution in [0.5, 0.6) is 5.75 Å². The van der Waals surface area contributed by atoms with Crippen LogP contribution in [0, 0.1) is 4.77 Å². The minimum Gasteiger partial charge on any atom is -0.497 e. The highest BCUT2D eigenvalue weighted by Gasteiger charge is 2.14. The summed E-state index contributed by atoms with van der Waals surface area (Å²) in [6.07, 6.45) is 1.74. The Morgan fingerprint density at radius 1 is 1.15 bits per heavy atom. The number of methoxy groups -OCH3 is 1. The normalized spacial score (nSPS) is 11.8. The molecule has 0 bridgehead atoms. The van der Waals surface area contributed by atoms with Gasteiger partial charge in [-0.05, 0) is 40.9 Å². The quantitative estimate of drug-likeness (QED) is 0.533. The molecule has 0 saturated carbocycles. The van der Waals surface area contributed by atoms with Gasteiger partial charge in [-0.1, -0.05) is 57.2 Å². The zero-order chi connectivity index (χ0) is 18.7. The first kappa shape index (κ1) is 18.1. The molecule has 0 atom stereocenters. The molecule has 0 saturated heterocycles. The fraction of sp³-hybridized carbons (Fsp3) is 0.250. The summed E-state index contributed by atoms with van der Waals surface area (Å²) in [6, 6.07) is 16.0. The highest BCUT2D eigenvalue weighted by atomic mass is 32.1. The lowest BCUT2D eigenvalue weighted by atomic mass is 9.87. The molecule has 0 fully saturated rings. The molecule has 1 aromatic heterocycles. The van der Waals surface area contributed by atoms with E-state index >= 15 is 0 Å². The van der Waals surface area contributed by atoms with Gasteiger partial charge in [-0.15, -0.1) is 0 Å². The number of benzene rings is 2. The molecule has 3 rings (SSSR count). The summed E-state index contributed by atoms with van der Waals surface area (Å²) in [5, 5.41) is 11.6. The SMILES string of the molecule is COc1cccc(C=Nn2c(-c3ccc(C(C)(C)C)cc3)n[nH]c2=S)c1. The first-order valence-electron chi connectivity index (χ1n) is 8.35. The highest BCUT2D eigenvalue weighted by Crippen LogP contribution is 2.25. The summed E-state index contributed by atoms with van der Waals surface area (Å²) >= 11 is 5.33. The van der Waals surface area contributed by atoms with Crippen LogP contribution in [-0.4, -0.2) is 28.2 Å². The number of aromatic nitrogens is 3. The lowest BCUT2D eigenvalue weighted by Gasteiger charge is -2.18. The maximum Gasteiger partial charge on any atom is 0.216 e. The molecular weight excluding hydrogens is 344 g/mol. The van der Waals surface area contributed by atoms with Crippen LogP contribution in [-0.2, 0) is 5.41 Å². The minimum atomic E-state index is 0.105. The zero-order valence-electron chi connectivity index (χ0n) is 15.4. The van der Waals surface area contributed by atoms with Crippen molar-refractivity contribution in [2.45, 2.75) is 26.2 Å². The maximum atomic E-state index is 5.33. The van der Waals surface area contributed by atoms with E-state index in [9.17, 15) is 0 Å². The van der Waals surface area contributed by atoms with Crippen LogP contribution >= 0.6 is 12.2 Å². The predicted octanol–water partition coefficient (Wildman–Crippen LogP) is 4.80. The smallest absolute Gasteiger partial charge is 0.216 e. The monoisotopic (exact) mass is 366 g/mol. The van der Waals surface area contributed by atoms with Crippen LogP contribution in [0.25, 0.3) is 11.4 Å². The van der Waals surface area contributed by atoms with Gasteiger partial charge in [0.05, 0.1) is 13.3 Å². The van der Waals surface area contributed by atoms with Gasteiger partial charge in [0.25, 0.3) is 0 Å². The van der Waals surface area contributed by atoms with Gasteiger partial charge >= 0.3 is 0 Å². The highest BCUT2D eigenvalue weighted by molar-refractivity contribution is 7.71.